The average molecular weight is 388 g/mol. The lowest BCUT2D eigenvalue weighted by atomic mass is 10.1. The van der Waals surface area contributed by atoms with Gasteiger partial charge in [-0.3, -0.25) is 0 Å². The minimum Gasteiger partial charge on any atom is -0.462 e. The molecule has 2 aromatic carbocycles. The van der Waals surface area contributed by atoms with Crippen molar-refractivity contribution in [2.45, 2.75) is 20.1 Å². The summed E-state index contributed by atoms with van der Waals surface area (Å²) < 4.78 is 25.3. The fourth-order valence-electron chi connectivity index (χ4n) is 2.63. The highest BCUT2D eigenvalue weighted by molar-refractivity contribution is 7.21. The molecular weight excluding hydrogens is 371 g/mol. The summed E-state index contributed by atoms with van der Waals surface area (Å²) in [5.41, 5.74) is 1.26. The van der Waals surface area contributed by atoms with Gasteiger partial charge in [0.1, 0.15) is 17.3 Å². The Morgan fingerprint density at radius 3 is 2.48 bits per heavy atom. The Morgan fingerprint density at radius 1 is 1.07 bits per heavy atom. The van der Waals surface area contributed by atoms with Crippen LogP contribution in [0.1, 0.15) is 38.1 Å². The molecule has 0 saturated heterocycles. The molecule has 1 aromatic heterocycles. The first-order valence-corrected chi connectivity index (χ1v) is 9.10. The lowest BCUT2D eigenvalue weighted by Crippen LogP contribution is -2.09. The largest absolute Gasteiger partial charge is 0.462 e. The van der Waals surface area contributed by atoms with Crippen molar-refractivity contribution in [1.82, 2.24) is 0 Å². The minimum atomic E-state index is -0.606. The zero-order valence-electron chi connectivity index (χ0n) is 14.5. The molecule has 0 amide bonds. The van der Waals surface area contributed by atoms with Gasteiger partial charge in [-0.2, -0.15) is 0 Å². The number of ether oxygens (including phenoxy) is 2. The number of carbonyl (C=O) groups is 2. The van der Waals surface area contributed by atoms with Crippen LogP contribution in [0.3, 0.4) is 0 Å². The molecule has 3 rings (SSSR count). The van der Waals surface area contributed by atoms with Crippen LogP contribution < -0.4 is 0 Å². The van der Waals surface area contributed by atoms with E-state index < -0.39 is 17.8 Å². The van der Waals surface area contributed by atoms with Crippen LogP contribution in [0, 0.1) is 5.82 Å². The van der Waals surface area contributed by atoms with Crippen molar-refractivity contribution in [1.29, 1.82) is 0 Å². The van der Waals surface area contributed by atoms with Crippen LogP contribution in [-0.2, 0) is 22.7 Å². The van der Waals surface area contributed by atoms with E-state index in [1.165, 1.54) is 18.2 Å². The van der Waals surface area contributed by atoms with Gasteiger partial charge in [0.15, 0.2) is 0 Å². The molecule has 3 aromatic rings. The molecule has 27 heavy (non-hydrogen) atoms. The van der Waals surface area contributed by atoms with E-state index in [4.69, 9.17) is 14.6 Å². The first-order chi connectivity index (χ1) is 13.0. The van der Waals surface area contributed by atoms with E-state index in [1.807, 2.05) is 0 Å². The Bertz CT molecular complexity index is 978. The molecule has 5 nitrogen and oxygen atoms in total. The Balaban J connectivity index is 1.89. The zero-order valence-corrected chi connectivity index (χ0v) is 15.3. The van der Waals surface area contributed by atoms with Gasteiger partial charge in [0.25, 0.3) is 0 Å². The maximum absolute atomic E-state index is 14.3. The van der Waals surface area contributed by atoms with E-state index >= 15 is 0 Å². The number of aliphatic hydroxyl groups is 1. The summed E-state index contributed by atoms with van der Waals surface area (Å²) in [4.78, 5) is 24.7. The first-order valence-electron chi connectivity index (χ1n) is 8.29. The molecule has 1 N–H and O–H groups in total. The fourth-order valence-corrected chi connectivity index (χ4v) is 3.75. The number of benzene rings is 2. The first kappa shape index (κ1) is 19.0. The molecule has 0 unspecified atom stereocenters. The Hall–Kier alpha value is -2.77. The number of halogens is 1. The number of aliphatic hydroxyl groups excluding tert-OH is 1. The van der Waals surface area contributed by atoms with Crippen molar-refractivity contribution in [3.63, 3.8) is 0 Å². The summed E-state index contributed by atoms with van der Waals surface area (Å²) in [5, 5.41) is 9.31. The average Bonchev–Trinajstić information content (AvgIpc) is 3.06. The van der Waals surface area contributed by atoms with Gasteiger partial charge in [0, 0.05) is 15.6 Å². The number of hydrogen-bond donors (Lipinski definition) is 1. The van der Waals surface area contributed by atoms with Gasteiger partial charge in [-0.15, -0.1) is 11.3 Å². The quantitative estimate of drug-likeness (QED) is 0.645. The standard InChI is InChI=1S/C20H17FO5S/c1-2-25-20(24)18-14(17-15(21)4-3-5-16(17)27-18)11-26-19(23)13-8-6-12(10-22)7-9-13/h3-9,22H,2,10-11H2,1H3. The van der Waals surface area contributed by atoms with E-state index in [0.29, 0.717) is 21.4 Å². The Kier molecular flexibility index (Phi) is 5.83. The molecule has 0 aliphatic heterocycles. The Morgan fingerprint density at radius 2 is 1.81 bits per heavy atom. The number of rotatable bonds is 6. The van der Waals surface area contributed by atoms with Gasteiger partial charge in [0.2, 0.25) is 0 Å². The van der Waals surface area contributed by atoms with Crippen molar-refractivity contribution < 1.29 is 28.6 Å². The SMILES string of the molecule is CCOC(=O)c1sc2cccc(F)c2c1COC(=O)c1ccc(CO)cc1. The lowest BCUT2D eigenvalue weighted by molar-refractivity contribution is 0.0454. The fraction of sp³-hybridized carbons (Fsp3) is 0.200. The number of fused-ring (bicyclic) bond motifs is 1. The van der Waals surface area contributed by atoms with Gasteiger partial charge in [-0.05, 0) is 36.8 Å². The number of esters is 2. The van der Waals surface area contributed by atoms with Crippen molar-refractivity contribution in [2.24, 2.45) is 0 Å². The van der Waals surface area contributed by atoms with Crippen LogP contribution in [0.4, 0.5) is 4.39 Å². The summed E-state index contributed by atoms with van der Waals surface area (Å²) in [6.45, 7) is 1.49. The van der Waals surface area contributed by atoms with Crippen LogP contribution in [0.2, 0.25) is 0 Å². The molecule has 140 valence electrons. The van der Waals surface area contributed by atoms with Crippen LogP contribution in [0.15, 0.2) is 42.5 Å². The second-order valence-electron chi connectivity index (χ2n) is 5.67. The predicted octanol–water partition coefficient (Wildman–Crippen LogP) is 4.07. The highest BCUT2D eigenvalue weighted by atomic mass is 32.1. The summed E-state index contributed by atoms with van der Waals surface area (Å²) >= 11 is 1.10. The van der Waals surface area contributed by atoms with Gasteiger partial charge in [-0.25, -0.2) is 14.0 Å². The summed E-state index contributed by atoms with van der Waals surface area (Å²) in [7, 11) is 0. The van der Waals surface area contributed by atoms with Gasteiger partial charge in [0.05, 0.1) is 18.8 Å². The second kappa shape index (κ2) is 8.28. The lowest BCUT2D eigenvalue weighted by Gasteiger charge is -2.08. The van der Waals surface area contributed by atoms with E-state index in [9.17, 15) is 14.0 Å². The van der Waals surface area contributed by atoms with Gasteiger partial charge in [-0.1, -0.05) is 18.2 Å². The van der Waals surface area contributed by atoms with Gasteiger partial charge >= 0.3 is 11.9 Å². The molecule has 0 bridgehead atoms. The third-order valence-electron chi connectivity index (χ3n) is 3.94. The molecule has 7 heteroatoms. The summed E-state index contributed by atoms with van der Waals surface area (Å²) in [6, 6.07) is 10.8. The van der Waals surface area contributed by atoms with Crippen molar-refractivity contribution in [3.05, 3.63) is 69.8 Å². The number of hydrogen-bond acceptors (Lipinski definition) is 6. The monoisotopic (exact) mass is 388 g/mol. The predicted molar refractivity (Wildman–Crippen MR) is 99.2 cm³/mol. The molecule has 0 fully saturated rings. The van der Waals surface area contributed by atoms with Crippen LogP contribution in [0.5, 0.6) is 0 Å². The molecule has 0 saturated carbocycles. The molecule has 0 radical (unpaired) electrons. The van der Waals surface area contributed by atoms with Crippen LogP contribution in [0.25, 0.3) is 10.1 Å². The third-order valence-corrected chi connectivity index (χ3v) is 5.12. The molecule has 1 heterocycles. The highest BCUT2D eigenvalue weighted by Gasteiger charge is 2.23. The van der Waals surface area contributed by atoms with Crippen molar-refractivity contribution in [2.75, 3.05) is 6.61 Å². The minimum absolute atomic E-state index is 0.127. The van der Waals surface area contributed by atoms with E-state index in [0.717, 1.165) is 11.3 Å². The second-order valence-corrected chi connectivity index (χ2v) is 6.73. The molecule has 0 aliphatic rings. The number of thiophene rings is 1. The number of carbonyl (C=O) groups excluding carboxylic acids is 2. The van der Waals surface area contributed by atoms with Crippen molar-refractivity contribution >= 4 is 33.4 Å². The highest BCUT2D eigenvalue weighted by Crippen LogP contribution is 2.34. The van der Waals surface area contributed by atoms with E-state index in [2.05, 4.69) is 0 Å². The topological polar surface area (TPSA) is 72.8 Å². The van der Waals surface area contributed by atoms with E-state index in [1.54, 1.807) is 31.2 Å². The smallest absolute Gasteiger partial charge is 0.348 e. The van der Waals surface area contributed by atoms with Crippen molar-refractivity contribution in [3.8, 4) is 0 Å². The van der Waals surface area contributed by atoms with E-state index in [-0.39, 0.29) is 30.1 Å². The zero-order chi connectivity index (χ0) is 19.4. The van der Waals surface area contributed by atoms with Gasteiger partial charge < -0.3 is 14.6 Å². The molecular formula is C20H17FO5S. The van der Waals surface area contributed by atoms with Crippen LogP contribution >= 0.6 is 11.3 Å². The molecule has 0 spiro atoms. The summed E-state index contributed by atoms with van der Waals surface area (Å²) in [6.07, 6.45) is 0. The summed E-state index contributed by atoms with van der Waals surface area (Å²) in [5.74, 6) is -1.67. The van der Waals surface area contributed by atoms with Crippen LogP contribution in [-0.4, -0.2) is 23.7 Å². The molecule has 0 atom stereocenters. The Labute approximate surface area is 159 Å². The maximum atomic E-state index is 14.3. The maximum Gasteiger partial charge on any atom is 0.348 e. The third kappa shape index (κ3) is 3.99. The normalized spacial score (nSPS) is 10.8. The molecule has 0 aliphatic carbocycles.